The number of nitrogens with two attached hydrogens (primary N) is 1. The van der Waals surface area contributed by atoms with Gasteiger partial charge >= 0.3 is 0 Å². The number of morpholine rings is 1. The number of rotatable bonds is 6. The van der Waals surface area contributed by atoms with Crippen molar-refractivity contribution in [1.29, 1.82) is 0 Å². The number of hydrogen-bond acceptors (Lipinski definition) is 4. The summed E-state index contributed by atoms with van der Waals surface area (Å²) in [5, 5.41) is 2.91. The van der Waals surface area contributed by atoms with Gasteiger partial charge in [-0.15, -0.1) is 12.4 Å². The maximum atomic E-state index is 11.8. The first-order valence-corrected chi connectivity index (χ1v) is 6.43. The van der Waals surface area contributed by atoms with Crippen molar-refractivity contribution < 1.29 is 9.53 Å². The number of hydrogen-bond donors (Lipinski definition) is 2. The first kappa shape index (κ1) is 17.6. The molecule has 1 aliphatic rings. The molecule has 0 saturated carbocycles. The fourth-order valence-corrected chi connectivity index (χ4v) is 1.99. The zero-order valence-electron chi connectivity index (χ0n) is 11.4. The van der Waals surface area contributed by atoms with Crippen LogP contribution in [0, 0.1) is 0 Å². The van der Waals surface area contributed by atoms with Crippen LogP contribution in [0.5, 0.6) is 0 Å². The van der Waals surface area contributed by atoms with Crippen molar-refractivity contribution in [1.82, 2.24) is 10.2 Å². The molecule has 18 heavy (non-hydrogen) atoms. The quantitative estimate of drug-likeness (QED) is 0.737. The molecule has 0 aromatic rings. The highest BCUT2D eigenvalue weighted by Gasteiger charge is 2.26. The molecule has 0 spiro atoms. The number of carbonyl (C=O) groups is 1. The molecule has 3 N–H and O–H groups in total. The second-order valence-electron chi connectivity index (χ2n) is 4.88. The van der Waals surface area contributed by atoms with E-state index in [0.29, 0.717) is 6.54 Å². The molecule has 0 aromatic carbocycles. The smallest absolute Gasteiger partial charge is 0.239 e. The van der Waals surface area contributed by atoms with Crippen LogP contribution < -0.4 is 11.1 Å². The Balaban J connectivity index is 0.00000289. The summed E-state index contributed by atoms with van der Waals surface area (Å²) in [5.74, 6) is -0.0485. The summed E-state index contributed by atoms with van der Waals surface area (Å²) in [7, 11) is 0. The maximum absolute atomic E-state index is 11.8. The van der Waals surface area contributed by atoms with E-state index in [1.807, 2.05) is 6.92 Å². The Kier molecular flexibility index (Phi) is 8.52. The topological polar surface area (TPSA) is 67.6 Å². The molecular weight excluding hydrogens is 254 g/mol. The first-order valence-electron chi connectivity index (χ1n) is 6.43. The van der Waals surface area contributed by atoms with Crippen molar-refractivity contribution in [2.75, 3.05) is 39.4 Å². The minimum atomic E-state index is -0.736. The highest BCUT2D eigenvalue weighted by atomic mass is 35.5. The lowest BCUT2D eigenvalue weighted by molar-refractivity contribution is -0.126. The fourth-order valence-electron chi connectivity index (χ4n) is 1.99. The summed E-state index contributed by atoms with van der Waals surface area (Å²) in [4.78, 5) is 14.1. The average Bonchev–Trinajstić information content (AvgIpc) is 2.30. The number of carbonyl (C=O) groups excluding carboxylic acids is 1. The van der Waals surface area contributed by atoms with Gasteiger partial charge in [-0.25, -0.2) is 0 Å². The number of amides is 1. The second-order valence-corrected chi connectivity index (χ2v) is 4.88. The summed E-state index contributed by atoms with van der Waals surface area (Å²) in [6.07, 6.45) is 1.64. The summed E-state index contributed by atoms with van der Waals surface area (Å²) < 4.78 is 5.26. The lowest BCUT2D eigenvalue weighted by Gasteiger charge is -2.28. The lowest BCUT2D eigenvalue weighted by Crippen LogP contribution is -2.53. The highest BCUT2D eigenvalue weighted by molar-refractivity contribution is 5.85. The molecule has 5 nitrogen and oxygen atoms in total. The lowest BCUT2D eigenvalue weighted by atomic mass is 9.97. The minimum Gasteiger partial charge on any atom is -0.379 e. The van der Waals surface area contributed by atoms with Gasteiger partial charge in [-0.2, -0.15) is 0 Å². The molecule has 1 aliphatic heterocycles. The summed E-state index contributed by atoms with van der Waals surface area (Å²) in [5.41, 5.74) is 5.21. The van der Waals surface area contributed by atoms with Crippen LogP contribution >= 0.6 is 12.4 Å². The fraction of sp³-hybridized carbons (Fsp3) is 0.917. The van der Waals surface area contributed by atoms with Crippen molar-refractivity contribution in [2.24, 2.45) is 5.73 Å². The maximum Gasteiger partial charge on any atom is 0.239 e. The minimum absolute atomic E-state index is 0. The van der Waals surface area contributed by atoms with E-state index in [1.165, 1.54) is 0 Å². The van der Waals surface area contributed by atoms with Gasteiger partial charge in [-0.3, -0.25) is 9.69 Å². The van der Waals surface area contributed by atoms with Gasteiger partial charge in [-0.05, 0) is 13.3 Å². The Morgan fingerprint density at radius 3 is 2.61 bits per heavy atom. The van der Waals surface area contributed by atoms with Gasteiger partial charge in [0.15, 0.2) is 0 Å². The molecule has 1 heterocycles. The molecule has 1 unspecified atom stereocenters. The van der Waals surface area contributed by atoms with Crippen LogP contribution in [0.15, 0.2) is 0 Å². The van der Waals surface area contributed by atoms with Crippen LogP contribution in [0.25, 0.3) is 0 Å². The molecule has 0 aromatic heterocycles. The van der Waals surface area contributed by atoms with E-state index in [4.69, 9.17) is 10.5 Å². The number of halogens is 1. The Bertz CT molecular complexity index is 243. The molecule has 6 heteroatoms. The van der Waals surface area contributed by atoms with Gasteiger partial charge in [0.25, 0.3) is 0 Å². The Hall–Kier alpha value is -0.360. The number of nitrogens with zero attached hydrogens (tertiary/aromatic N) is 1. The van der Waals surface area contributed by atoms with Crippen LogP contribution in [0.1, 0.15) is 26.7 Å². The molecular formula is C12H26ClN3O2. The zero-order valence-corrected chi connectivity index (χ0v) is 12.2. The summed E-state index contributed by atoms with van der Waals surface area (Å²) in [6.45, 7) is 8.84. The Morgan fingerprint density at radius 2 is 2.06 bits per heavy atom. The number of nitrogens with one attached hydrogen (secondary N) is 1. The van der Waals surface area contributed by atoms with E-state index in [9.17, 15) is 4.79 Å². The van der Waals surface area contributed by atoms with Crippen LogP contribution in [0.4, 0.5) is 0 Å². The molecule has 1 saturated heterocycles. The highest BCUT2D eigenvalue weighted by Crippen LogP contribution is 2.08. The average molecular weight is 280 g/mol. The van der Waals surface area contributed by atoms with Gasteiger partial charge in [0.2, 0.25) is 5.91 Å². The van der Waals surface area contributed by atoms with Crippen molar-refractivity contribution in [3.05, 3.63) is 0 Å². The van der Waals surface area contributed by atoms with Crippen molar-refractivity contribution >= 4 is 18.3 Å². The third kappa shape index (κ3) is 6.00. The van der Waals surface area contributed by atoms with Crippen LogP contribution in [0.2, 0.25) is 0 Å². The molecule has 0 bridgehead atoms. The normalized spacial score (nSPS) is 19.7. The molecule has 108 valence electrons. The van der Waals surface area contributed by atoms with Crippen molar-refractivity contribution in [3.63, 3.8) is 0 Å². The van der Waals surface area contributed by atoms with Crippen LogP contribution in [-0.4, -0.2) is 55.7 Å². The standard InChI is InChI=1S/C12H25N3O2.ClH/c1-3-4-12(2,13)11(16)14-5-6-15-7-9-17-10-8-15;/h3-10,13H2,1-2H3,(H,14,16);1H. The van der Waals surface area contributed by atoms with Crippen molar-refractivity contribution in [2.45, 2.75) is 32.2 Å². The zero-order chi connectivity index (χ0) is 12.7. The molecule has 0 aliphatic carbocycles. The first-order chi connectivity index (χ1) is 8.06. The predicted octanol–water partition coefficient (Wildman–Crippen LogP) is 0.374. The summed E-state index contributed by atoms with van der Waals surface area (Å²) >= 11 is 0. The van der Waals surface area contributed by atoms with Gasteiger partial charge in [0.05, 0.1) is 18.8 Å². The van der Waals surface area contributed by atoms with Crippen LogP contribution in [0.3, 0.4) is 0 Å². The van der Waals surface area contributed by atoms with Gasteiger partial charge in [-0.1, -0.05) is 13.3 Å². The predicted molar refractivity (Wildman–Crippen MR) is 75.0 cm³/mol. The van der Waals surface area contributed by atoms with E-state index >= 15 is 0 Å². The SMILES string of the molecule is CCCC(C)(N)C(=O)NCCN1CCOCC1.Cl. The van der Waals surface area contributed by atoms with Gasteiger partial charge in [0, 0.05) is 26.2 Å². The van der Waals surface area contributed by atoms with E-state index in [-0.39, 0.29) is 18.3 Å². The molecule has 1 fully saturated rings. The molecule has 1 rings (SSSR count). The van der Waals surface area contributed by atoms with E-state index in [0.717, 1.165) is 45.7 Å². The summed E-state index contributed by atoms with van der Waals surface area (Å²) in [6, 6.07) is 0. The largest absolute Gasteiger partial charge is 0.379 e. The molecule has 0 radical (unpaired) electrons. The van der Waals surface area contributed by atoms with Crippen molar-refractivity contribution in [3.8, 4) is 0 Å². The Labute approximate surface area is 116 Å². The molecule has 1 amide bonds. The van der Waals surface area contributed by atoms with Gasteiger partial charge in [0.1, 0.15) is 0 Å². The Morgan fingerprint density at radius 1 is 1.44 bits per heavy atom. The third-order valence-electron chi connectivity index (χ3n) is 3.11. The second kappa shape index (κ2) is 8.69. The van der Waals surface area contributed by atoms with Crippen LogP contribution in [-0.2, 0) is 9.53 Å². The molecule has 1 atom stereocenters. The third-order valence-corrected chi connectivity index (χ3v) is 3.11. The van der Waals surface area contributed by atoms with E-state index < -0.39 is 5.54 Å². The van der Waals surface area contributed by atoms with Gasteiger partial charge < -0.3 is 15.8 Å². The number of ether oxygens (including phenoxy) is 1. The van der Waals surface area contributed by atoms with E-state index in [2.05, 4.69) is 10.2 Å². The monoisotopic (exact) mass is 279 g/mol. The van der Waals surface area contributed by atoms with E-state index in [1.54, 1.807) is 6.92 Å².